The van der Waals surface area contributed by atoms with Crippen molar-refractivity contribution in [3.8, 4) is 0 Å². The predicted molar refractivity (Wildman–Crippen MR) is 82.7 cm³/mol. The molecule has 4 nitrogen and oxygen atoms in total. The van der Waals surface area contributed by atoms with Crippen LogP contribution in [0.3, 0.4) is 0 Å². The van der Waals surface area contributed by atoms with E-state index in [-0.39, 0.29) is 28.9 Å². The number of nitrogens with two attached hydrogens (primary N) is 1. The fraction of sp³-hybridized carbons (Fsp3) is 0.562. The quantitative estimate of drug-likeness (QED) is 0.777. The molecule has 0 aromatic heterocycles. The molecule has 1 fully saturated rings. The molecule has 20 heavy (non-hydrogen) atoms. The van der Waals surface area contributed by atoms with Crippen molar-refractivity contribution in [2.75, 3.05) is 5.32 Å². The number of amides is 2. The Bertz CT molecular complexity index is 489. The van der Waals surface area contributed by atoms with Crippen LogP contribution in [-0.4, -0.2) is 18.1 Å². The number of hydrogen-bond donors (Lipinski definition) is 3. The molecule has 4 N–H and O–H groups in total. The van der Waals surface area contributed by atoms with Crippen molar-refractivity contribution in [2.24, 2.45) is 16.6 Å². The molecule has 1 aromatic rings. The van der Waals surface area contributed by atoms with Gasteiger partial charge in [-0.25, -0.2) is 4.79 Å². The third-order valence-electron chi connectivity index (χ3n) is 4.68. The number of anilines is 1. The monoisotopic (exact) mass is 275 g/mol. The van der Waals surface area contributed by atoms with E-state index in [0.29, 0.717) is 0 Å². The number of hydrogen-bond acceptors (Lipinski definition) is 2. The first-order chi connectivity index (χ1) is 9.15. The first-order valence-corrected chi connectivity index (χ1v) is 7.05. The molecule has 0 spiro atoms. The van der Waals surface area contributed by atoms with Crippen LogP contribution in [0.2, 0.25) is 0 Å². The second-order valence-corrected chi connectivity index (χ2v) is 7.02. The van der Waals surface area contributed by atoms with E-state index in [1.54, 1.807) is 0 Å². The predicted octanol–water partition coefficient (Wildman–Crippen LogP) is 2.88. The number of carbonyl (C=O) groups is 1. The third-order valence-corrected chi connectivity index (χ3v) is 4.68. The van der Waals surface area contributed by atoms with Crippen LogP contribution < -0.4 is 16.4 Å². The van der Waals surface area contributed by atoms with Gasteiger partial charge in [-0.05, 0) is 19.1 Å². The fourth-order valence-corrected chi connectivity index (χ4v) is 3.49. The van der Waals surface area contributed by atoms with Crippen LogP contribution in [0.1, 0.15) is 33.3 Å². The smallest absolute Gasteiger partial charge is 0.319 e. The number of carbonyl (C=O) groups excluding carboxylic acids is 1. The van der Waals surface area contributed by atoms with E-state index in [9.17, 15) is 4.79 Å². The summed E-state index contributed by atoms with van der Waals surface area (Å²) in [7, 11) is 0. The van der Waals surface area contributed by atoms with Crippen molar-refractivity contribution < 1.29 is 4.79 Å². The summed E-state index contributed by atoms with van der Waals surface area (Å²) < 4.78 is 0. The summed E-state index contributed by atoms with van der Waals surface area (Å²) in [6.07, 6.45) is 0. The molecule has 1 aliphatic rings. The maximum atomic E-state index is 12.1. The fourth-order valence-electron chi connectivity index (χ4n) is 3.49. The van der Waals surface area contributed by atoms with Crippen molar-refractivity contribution in [1.82, 2.24) is 5.32 Å². The van der Waals surface area contributed by atoms with Gasteiger partial charge in [0.15, 0.2) is 0 Å². The zero-order valence-electron chi connectivity index (χ0n) is 12.9. The van der Waals surface area contributed by atoms with E-state index >= 15 is 0 Å². The van der Waals surface area contributed by atoms with Gasteiger partial charge in [0.25, 0.3) is 0 Å². The molecule has 0 atom stereocenters. The van der Waals surface area contributed by atoms with Gasteiger partial charge >= 0.3 is 6.03 Å². The molecular weight excluding hydrogens is 250 g/mol. The van der Waals surface area contributed by atoms with E-state index in [4.69, 9.17) is 5.73 Å². The average molecular weight is 275 g/mol. The highest BCUT2D eigenvalue weighted by Gasteiger charge is 2.60. The highest BCUT2D eigenvalue weighted by Crippen LogP contribution is 2.52. The third kappa shape index (κ3) is 2.40. The van der Waals surface area contributed by atoms with Crippen LogP contribution in [0.25, 0.3) is 0 Å². The van der Waals surface area contributed by atoms with E-state index in [1.165, 1.54) is 5.56 Å². The molecule has 1 saturated carbocycles. The summed E-state index contributed by atoms with van der Waals surface area (Å²) in [5, 5.41) is 5.93. The van der Waals surface area contributed by atoms with Crippen LogP contribution in [0.15, 0.2) is 24.3 Å². The Morgan fingerprint density at radius 1 is 1.10 bits per heavy atom. The molecule has 2 rings (SSSR count). The molecule has 0 unspecified atom stereocenters. The molecular formula is C16H25N3O. The molecule has 4 heteroatoms. The molecule has 0 heterocycles. The summed E-state index contributed by atoms with van der Waals surface area (Å²) >= 11 is 0. The number of rotatable bonds is 2. The number of benzene rings is 1. The SMILES string of the molecule is Cc1ccc(NC(=O)NC2C(C)(C)C(N)C2(C)C)cc1. The van der Waals surface area contributed by atoms with Gasteiger partial charge in [-0.1, -0.05) is 45.4 Å². The Hall–Kier alpha value is -1.55. The van der Waals surface area contributed by atoms with E-state index in [2.05, 4.69) is 38.3 Å². The summed E-state index contributed by atoms with van der Waals surface area (Å²) in [5.41, 5.74) is 7.99. The second-order valence-electron chi connectivity index (χ2n) is 7.02. The van der Waals surface area contributed by atoms with Crippen LogP contribution in [0, 0.1) is 17.8 Å². The van der Waals surface area contributed by atoms with E-state index < -0.39 is 0 Å². The lowest BCUT2D eigenvalue weighted by Crippen LogP contribution is -2.76. The highest BCUT2D eigenvalue weighted by atomic mass is 16.2. The van der Waals surface area contributed by atoms with Gasteiger partial charge in [-0.2, -0.15) is 0 Å². The maximum absolute atomic E-state index is 12.1. The second kappa shape index (κ2) is 4.77. The molecule has 1 aliphatic carbocycles. The van der Waals surface area contributed by atoms with Gasteiger partial charge < -0.3 is 16.4 Å². The number of aryl methyl sites for hydroxylation is 1. The number of nitrogens with one attached hydrogen (secondary N) is 2. The minimum absolute atomic E-state index is 0.0652. The van der Waals surface area contributed by atoms with Gasteiger partial charge in [0.2, 0.25) is 0 Å². The molecule has 0 saturated heterocycles. The summed E-state index contributed by atoms with van der Waals surface area (Å²) in [4.78, 5) is 12.1. The molecule has 0 aliphatic heterocycles. The van der Waals surface area contributed by atoms with Crippen molar-refractivity contribution in [3.05, 3.63) is 29.8 Å². The Kier molecular flexibility index (Phi) is 3.54. The summed E-state index contributed by atoms with van der Waals surface area (Å²) in [5.74, 6) is 0. The minimum atomic E-state index is -0.174. The zero-order chi connectivity index (χ0) is 15.1. The van der Waals surface area contributed by atoms with Crippen LogP contribution >= 0.6 is 0 Å². The first-order valence-electron chi connectivity index (χ1n) is 7.05. The van der Waals surface area contributed by atoms with E-state index in [1.807, 2.05) is 31.2 Å². The average Bonchev–Trinajstić information content (AvgIpc) is 2.37. The Morgan fingerprint density at radius 3 is 2.10 bits per heavy atom. The Labute approximate surface area is 121 Å². The topological polar surface area (TPSA) is 67.2 Å². The van der Waals surface area contributed by atoms with Gasteiger partial charge in [-0.3, -0.25) is 0 Å². The van der Waals surface area contributed by atoms with Gasteiger partial charge in [0, 0.05) is 28.6 Å². The van der Waals surface area contributed by atoms with Gasteiger partial charge in [0.05, 0.1) is 0 Å². The minimum Gasteiger partial charge on any atom is -0.334 e. The van der Waals surface area contributed by atoms with Crippen LogP contribution in [-0.2, 0) is 0 Å². The Morgan fingerprint density at radius 2 is 1.60 bits per heavy atom. The molecule has 1 aromatic carbocycles. The Balaban J connectivity index is 2.00. The standard InChI is InChI=1S/C16H25N3O/c1-10-6-8-11(9-7-10)18-14(20)19-13-15(2,3)12(17)16(13,4)5/h6-9,12-13H,17H2,1-5H3,(H2,18,19,20). The van der Waals surface area contributed by atoms with Crippen molar-refractivity contribution in [2.45, 2.75) is 46.7 Å². The zero-order valence-corrected chi connectivity index (χ0v) is 12.9. The summed E-state index contributed by atoms with van der Waals surface area (Å²) in [6.45, 7) is 10.4. The van der Waals surface area contributed by atoms with Crippen molar-refractivity contribution in [3.63, 3.8) is 0 Å². The summed E-state index contributed by atoms with van der Waals surface area (Å²) in [6, 6.07) is 7.73. The maximum Gasteiger partial charge on any atom is 0.319 e. The first kappa shape index (κ1) is 14.9. The van der Waals surface area contributed by atoms with Gasteiger partial charge in [-0.15, -0.1) is 0 Å². The molecule has 0 bridgehead atoms. The highest BCUT2D eigenvalue weighted by molar-refractivity contribution is 5.89. The lowest BCUT2D eigenvalue weighted by Gasteiger charge is -2.62. The van der Waals surface area contributed by atoms with Crippen LogP contribution in [0.5, 0.6) is 0 Å². The van der Waals surface area contributed by atoms with Crippen molar-refractivity contribution in [1.29, 1.82) is 0 Å². The normalized spacial score (nSPS) is 26.5. The lowest BCUT2D eigenvalue weighted by atomic mass is 9.48. The molecule has 2 amide bonds. The molecule has 0 radical (unpaired) electrons. The largest absolute Gasteiger partial charge is 0.334 e. The number of urea groups is 1. The van der Waals surface area contributed by atoms with Crippen molar-refractivity contribution >= 4 is 11.7 Å². The van der Waals surface area contributed by atoms with Crippen LogP contribution in [0.4, 0.5) is 10.5 Å². The lowest BCUT2D eigenvalue weighted by molar-refractivity contribution is -0.0638. The van der Waals surface area contributed by atoms with E-state index in [0.717, 1.165) is 5.69 Å². The molecule has 110 valence electrons. The van der Waals surface area contributed by atoms with Gasteiger partial charge in [0.1, 0.15) is 0 Å².